The molecule has 0 fully saturated rings. The molecule has 0 aliphatic heterocycles. The van der Waals surface area contributed by atoms with Crippen molar-refractivity contribution in [3.8, 4) is 0 Å². The van der Waals surface area contributed by atoms with Crippen LogP contribution in [-0.2, 0) is 19.1 Å². The van der Waals surface area contributed by atoms with Crippen molar-refractivity contribution in [2.75, 3.05) is 0 Å². The molecule has 5 nitrogen and oxygen atoms in total. The largest absolute Gasteiger partial charge is 0.828 e. The molecule has 0 bridgehead atoms. The Morgan fingerprint density at radius 2 is 1.24 bits per heavy atom. The van der Waals surface area contributed by atoms with Crippen LogP contribution < -0.4 is 5.11 Å². The number of hydrogen-bond donors (Lipinski definition) is 0. The summed E-state index contributed by atoms with van der Waals surface area (Å²) in [5.41, 5.74) is -5.91. The van der Waals surface area contributed by atoms with Crippen LogP contribution in [0.15, 0.2) is 0 Å². The van der Waals surface area contributed by atoms with Crippen molar-refractivity contribution in [2.45, 2.75) is 50.9 Å². The van der Waals surface area contributed by atoms with E-state index in [0.717, 1.165) is 20.8 Å². The Balaban J connectivity index is 5.24. The zero-order chi connectivity index (χ0) is 17.2. The second kappa shape index (κ2) is 6.08. The standard InChI is InChI=1S/C10H11F6O5/c1-4(20-6(3)17)5(2)21-7(18)8(19,9(11,12)13)10(14,15)16/h4-5H,1-3H3/q-1. The molecule has 0 aromatic heterocycles. The normalized spacial score (nSPS) is 16.1. The van der Waals surface area contributed by atoms with Crippen LogP contribution in [0.3, 0.4) is 0 Å². The minimum atomic E-state index is -6.44. The van der Waals surface area contributed by atoms with Gasteiger partial charge in [-0.3, -0.25) is 9.59 Å². The van der Waals surface area contributed by atoms with Crippen molar-refractivity contribution < 1.29 is 50.5 Å². The Bertz CT molecular complexity index is 388. The van der Waals surface area contributed by atoms with Gasteiger partial charge in [0.2, 0.25) is 0 Å². The third-order valence-corrected chi connectivity index (χ3v) is 2.39. The average molecular weight is 325 g/mol. The van der Waals surface area contributed by atoms with Crippen molar-refractivity contribution in [3.63, 3.8) is 0 Å². The van der Waals surface area contributed by atoms with Crippen LogP contribution in [-0.4, -0.2) is 42.1 Å². The van der Waals surface area contributed by atoms with Crippen molar-refractivity contribution >= 4 is 11.9 Å². The average Bonchev–Trinajstić information content (AvgIpc) is 2.23. The van der Waals surface area contributed by atoms with Crippen molar-refractivity contribution in [2.24, 2.45) is 0 Å². The van der Waals surface area contributed by atoms with Gasteiger partial charge in [0.1, 0.15) is 12.2 Å². The van der Waals surface area contributed by atoms with E-state index in [0.29, 0.717) is 0 Å². The zero-order valence-corrected chi connectivity index (χ0v) is 11.0. The third kappa shape index (κ3) is 4.22. The zero-order valence-electron chi connectivity index (χ0n) is 11.0. The molecule has 0 radical (unpaired) electrons. The molecule has 0 saturated heterocycles. The summed E-state index contributed by atoms with van der Waals surface area (Å²) < 4.78 is 82.0. The molecule has 0 aromatic carbocycles. The quantitative estimate of drug-likeness (QED) is 0.571. The second-order valence-corrected chi connectivity index (χ2v) is 4.10. The molecule has 0 spiro atoms. The molecule has 0 saturated carbocycles. The first-order valence-corrected chi connectivity index (χ1v) is 5.36. The summed E-state index contributed by atoms with van der Waals surface area (Å²) >= 11 is 0. The molecule has 0 amide bonds. The Hall–Kier alpha value is -1.52. The smallest absolute Gasteiger partial charge is 0.399 e. The van der Waals surface area contributed by atoms with Gasteiger partial charge in [-0.05, 0) is 13.8 Å². The first-order valence-electron chi connectivity index (χ1n) is 5.36. The van der Waals surface area contributed by atoms with E-state index in [1.54, 1.807) is 0 Å². The molecular weight excluding hydrogens is 314 g/mol. The summed E-state index contributed by atoms with van der Waals surface area (Å²) in [6, 6.07) is 0. The number of rotatable bonds is 4. The molecule has 0 heterocycles. The minimum Gasteiger partial charge on any atom is -0.828 e. The van der Waals surface area contributed by atoms with Crippen LogP contribution in [0, 0.1) is 0 Å². The van der Waals surface area contributed by atoms with Gasteiger partial charge in [-0.2, -0.15) is 26.3 Å². The van der Waals surface area contributed by atoms with Crippen LogP contribution in [0.4, 0.5) is 26.3 Å². The predicted octanol–water partition coefficient (Wildman–Crippen LogP) is 1.09. The van der Waals surface area contributed by atoms with Crippen LogP contribution >= 0.6 is 0 Å². The van der Waals surface area contributed by atoms with Gasteiger partial charge in [-0.1, -0.05) is 0 Å². The molecule has 0 aromatic rings. The highest BCUT2D eigenvalue weighted by Gasteiger charge is 2.68. The molecule has 2 atom stereocenters. The van der Waals surface area contributed by atoms with E-state index < -0.39 is 42.1 Å². The summed E-state index contributed by atoms with van der Waals surface area (Å²) in [5.74, 6) is -3.96. The molecule has 2 unspecified atom stereocenters. The van der Waals surface area contributed by atoms with E-state index in [2.05, 4.69) is 9.47 Å². The van der Waals surface area contributed by atoms with Gasteiger partial charge in [0.15, 0.2) is 5.60 Å². The molecule has 124 valence electrons. The lowest BCUT2D eigenvalue weighted by Gasteiger charge is -2.41. The topological polar surface area (TPSA) is 75.7 Å². The van der Waals surface area contributed by atoms with Gasteiger partial charge in [0.05, 0.1) is 0 Å². The van der Waals surface area contributed by atoms with Crippen LogP contribution in [0.2, 0.25) is 0 Å². The van der Waals surface area contributed by atoms with E-state index in [-0.39, 0.29) is 0 Å². The van der Waals surface area contributed by atoms with E-state index in [4.69, 9.17) is 0 Å². The maximum atomic E-state index is 12.3. The summed E-state index contributed by atoms with van der Waals surface area (Å²) in [4.78, 5) is 21.6. The lowest BCUT2D eigenvalue weighted by atomic mass is 10.0. The highest BCUT2D eigenvalue weighted by atomic mass is 19.4. The Morgan fingerprint density at radius 3 is 1.52 bits per heavy atom. The fraction of sp³-hybridized carbons (Fsp3) is 0.800. The van der Waals surface area contributed by atoms with Crippen molar-refractivity contribution in [1.29, 1.82) is 0 Å². The molecular formula is C10H11F6O5-. The lowest BCUT2D eigenvalue weighted by molar-refractivity contribution is -0.574. The van der Waals surface area contributed by atoms with E-state index in [1.807, 2.05) is 0 Å². The number of carbonyl (C=O) groups is 2. The number of esters is 2. The Morgan fingerprint density at radius 1 is 0.905 bits per heavy atom. The predicted molar refractivity (Wildman–Crippen MR) is 51.6 cm³/mol. The van der Waals surface area contributed by atoms with E-state index in [1.165, 1.54) is 0 Å². The summed E-state index contributed by atoms with van der Waals surface area (Å²) in [5, 5.41) is 11.0. The maximum absolute atomic E-state index is 12.3. The Labute approximate surface area is 114 Å². The lowest BCUT2D eigenvalue weighted by Crippen LogP contribution is -2.72. The molecule has 0 N–H and O–H groups in total. The summed E-state index contributed by atoms with van der Waals surface area (Å²) in [6.45, 7) is 2.86. The second-order valence-electron chi connectivity index (χ2n) is 4.10. The number of hydrogen-bond acceptors (Lipinski definition) is 5. The van der Waals surface area contributed by atoms with Gasteiger partial charge < -0.3 is 14.6 Å². The minimum absolute atomic E-state index is 0.874. The van der Waals surface area contributed by atoms with Gasteiger partial charge >= 0.3 is 24.3 Å². The van der Waals surface area contributed by atoms with Crippen molar-refractivity contribution in [3.05, 3.63) is 0 Å². The van der Waals surface area contributed by atoms with Gasteiger partial charge in [-0.25, -0.2) is 0 Å². The molecule has 0 aliphatic rings. The third-order valence-electron chi connectivity index (χ3n) is 2.39. The number of ether oxygens (including phenoxy) is 2. The van der Waals surface area contributed by atoms with E-state index in [9.17, 15) is 41.0 Å². The summed E-state index contributed by atoms with van der Waals surface area (Å²) in [6.07, 6.45) is -15.9. The summed E-state index contributed by atoms with van der Waals surface area (Å²) in [7, 11) is 0. The van der Waals surface area contributed by atoms with Crippen molar-refractivity contribution in [1.82, 2.24) is 0 Å². The van der Waals surface area contributed by atoms with Crippen LogP contribution in [0.25, 0.3) is 0 Å². The van der Waals surface area contributed by atoms with Gasteiger partial charge in [-0.15, -0.1) is 0 Å². The highest BCUT2D eigenvalue weighted by Crippen LogP contribution is 2.41. The molecule has 21 heavy (non-hydrogen) atoms. The van der Waals surface area contributed by atoms with Crippen LogP contribution in [0.5, 0.6) is 0 Å². The highest BCUT2D eigenvalue weighted by molar-refractivity contribution is 5.81. The first kappa shape index (κ1) is 19.5. The van der Waals surface area contributed by atoms with Crippen LogP contribution in [0.1, 0.15) is 20.8 Å². The number of halogens is 6. The molecule has 11 heteroatoms. The molecule has 0 aliphatic carbocycles. The number of alkyl halides is 6. The fourth-order valence-electron chi connectivity index (χ4n) is 1.10. The first-order chi connectivity index (χ1) is 9.14. The van der Waals surface area contributed by atoms with E-state index >= 15 is 0 Å². The maximum Gasteiger partial charge on any atom is 0.399 e. The Kier molecular flexibility index (Phi) is 5.64. The number of carbonyl (C=O) groups excluding carboxylic acids is 2. The van der Waals surface area contributed by atoms with Gasteiger partial charge in [0.25, 0.3) is 0 Å². The monoisotopic (exact) mass is 325 g/mol. The van der Waals surface area contributed by atoms with Gasteiger partial charge in [0, 0.05) is 6.92 Å². The SMILES string of the molecule is CC(=O)OC(C)C(C)OC(=O)C([O-])(C(F)(F)F)C(F)(F)F. The molecule has 0 rings (SSSR count). The fourth-order valence-corrected chi connectivity index (χ4v) is 1.10.